The molecule has 0 N–H and O–H groups in total. The first kappa shape index (κ1) is 23.6. The van der Waals surface area contributed by atoms with Crippen molar-refractivity contribution in [2.45, 2.75) is 6.92 Å². The molecule has 0 fully saturated rings. The van der Waals surface area contributed by atoms with Crippen molar-refractivity contribution in [3.63, 3.8) is 0 Å². The summed E-state index contributed by atoms with van der Waals surface area (Å²) in [5, 5.41) is 12.2. The molecule has 0 atom stereocenters. The fraction of sp³-hybridized carbons (Fsp3) is 0.0278. The van der Waals surface area contributed by atoms with E-state index in [0.717, 1.165) is 44.8 Å². The Balaban J connectivity index is 1.55. The third-order valence-corrected chi connectivity index (χ3v) is 7.30. The Morgan fingerprint density at radius 3 is 1.90 bits per heavy atom. The van der Waals surface area contributed by atoms with E-state index in [4.69, 9.17) is 9.97 Å². The van der Waals surface area contributed by atoms with E-state index in [9.17, 15) is 5.26 Å². The van der Waals surface area contributed by atoms with Crippen LogP contribution in [0.3, 0.4) is 0 Å². The van der Waals surface area contributed by atoms with Crippen molar-refractivity contribution in [1.29, 1.82) is 5.26 Å². The second-order valence-electron chi connectivity index (χ2n) is 9.91. The quantitative estimate of drug-likeness (QED) is 0.237. The van der Waals surface area contributed by atoms with E-state index in [0.29, 0.717) is 11.4 Å². The molecule has 0 unspecified atom stereocenters. The minimum absolute atomic E-state index is 0.583. The summed E-state index contributed by atoms with van der Waals surface area (Å²) in [5.74, 6) is 0.609. The van der Waals surface area contributed by atoms with Gasteiger partial charge in [0, 0.05) is 27.5 Å². The van der Waals surface area contributed by atoms with Gasteiger partial charge in [-0.15, -0.1) is 0 Å². The smallest absolute Gasteiger partial charge is 0.162 e. The summed E-state index contributed by atoms with van der Waals surface area (Å²) in [6.07, 6.45) is 0. The number of benzene rings is 5. The van der Waals surface area contributed by atoms with E-state index in [-0.39, 0.29) is 0 Å². The molecule has 7 rings (SSSR count). The van der Waals surface area contributed by atoms with Crippen molar-refractivity contribution in [3.8, 4) is 45.7 Å². The third kappa shape index (κ3) is 4.02. The van der Waals surface area contributed by atoms with Gasteiger partial charge >= 0.3 is 0 Å². The number of aromatic nitrogens is 3. The van der Waals surface area contributed by atoms with Crippen LogP contribution in [0.4, 0.5) is 0 Å². The summed E-state index contributed by atoms with van der Waals surface area (Å²) in [4.78, 5) is 10.2. The van der Waals surface area contributed by atoms with Crippen molar-refractivity contribution in [1.82, 2.24) is 14.5 Å². The lowest BCUT2D eigenvalue weighted by Gasteiger charge is -2.15. The lowest BCUT2D eigenvalue weighted by atomic mass is 10.0. The highest BCUT2D eigenvalue weighted by molar-refractivity contribution is 6.10. The minimum Gasteiger partial charge on any atom is -0.308 e. The van der Waals surface area contributed by atoms with Gasteiger partial charge < -0.3 is 4.57 Å². The molecule has 2 heterocycles. The van der Waals surface area contributed by atoms with E-state index in [1.165, 1.54) is 16.3 Å². The molecule has 2 aromatic heterocycles. The Morgan fingerprint density at radius 2 is 1.23 bits per heavy atom. The van der Waals surface area contributed by atoms with Crippen LogP contribution in [0, 0.1) is 18.3 Å². The van der Waals surface area contributed by atoms with Crippen molar-refractivity contribution < 1.29 is 0 Å². The minimum atomic E-state index is 0.583. The van der Waals surface area contributed by atoms with Gasteiger partial charge in [-0.25, -0.2) is 9.97 Å². The average molecular weight is 513 g/mol. The first-order valence-electron chi connectivity index (χ1n) is 13.2. The van der Waals surface area contributed by atoms with E-state index >= 15 is 0 Å². The molecular weight excluding hydrogens is 488 g/mol. The van der Waals surface area contributed by atoms with E-state index < -0.39 is 0 Å². The van der Waals surface area contributed by atoms with Gasteiger partial charge in [-0.3, -0.25) is 0 Å². The van der Waals surface area contributed by atoms with Gasteiger partial charge in [-0.2, -0.15) is 5.26 Å². The van der Waals surface area contributed by atoms with Gasteiger partial charge in [0.15, 0.2) is 5.82 Å². The molecule has 40 heavy (non-hydrogen) atoms. The highest BCUT2D eigenvalue weighted by atomic mass is 15.0. The molecule has 0 saturated heterocycles. The lowest BCUT2D eigenvalue weighted by Crippen LogP contribution is -2.02. The maximum absolute atomic E-state index is 9.88. The maximum Gasteiger partial charge on any atom is 0.162 e. The van der Waals surface area contributed by atoms with Gasteiger partial charge in [0.05, 0.1) is 39.7 Å². The van der Waals surface area contributed by atoms with Crippen LogP contribution in [0.1, 0.15) is 11.1 Å². The lowest BCUT2D eigenvalue weighted by molar-refractivity contribution is 1.13. The van der Waals surface area contributed by atoms with Crippen molar-refractivity contribution >= 4 is 21.8 Å². The summed E-state index contributed by atoms with van der Waals surface area (Å²) >= 11 is 0. The predicted molar refractivity (Wildman–Crippen MR) is 162 cm³/mol. The molecule has 188 valence electrons. The Labute approximate surface area is 232 Å². The fourth-order valence-electron chi connectivity index (χ4n) is 5.40. The third-order valence-electron chi connectivity index (χ3n) is 7.30. The van der Waals surface area contributed by atoms with Crippen LogP contribution in [-0.2, 0) is 0 Å². The number of aryl methyl sites for hydroxylation is 1. The second-order valence-corrected chi connectivity index (χ2v) is 9.91. The number of fused-ring (bicyclic) bond motifs is 3. The molecule has 0 radical (unpaired) electrons. The zero-order valence-electron chi connectivity index (χ0n) is 21.9. The monoisotopic (exact) mass is 512 g/mol. The van der Waals surface area contributed by atoms with Crippen LogP contribution >= 0.6 is 0 Å². The molecule has 0 bridgehead atoms. The van der Waals surface area contributed by atoms with Gasteiger partial charge in [-0.05, 0) is 49.4 Å². The van der Waals surface area contributed by atoms with Gasteiger partial charge in [0.25, 0.3) is 0 Å². The Bertz CT molecular complexity index is 2010. The first-order chi connectivity index (χ1) is 19.7. The van der Waals surface area contributed by atoms with Crippen molar-refractivity contribution in [2.75, 3.05) is 0 Å². The SMILES string of the molecule is Cc1ccc2c(c1)c1ccccc1n2-c1cc(C#N)ccc1-c1nc(-c2ccccc2)cc(-c2ccccc2)n1. The Morgan fingerprint density at radius 1 is 0.600 bits per heavy atom. The number of hydrogen-bond donors (Lipinski definition) is 0. The second kappa shape index (κ2) is 9.65. The molecule has 0 aliphatic heterocycles. The molecule has 4 heteroatoms. The van der Waals surface area contributed by atoms with Crippen molar-refractivity contribution in [2.24, 2.45) is 0 Å². The number of rotatable bonds is 4. The number of para-hydroxylation sites is 1. The molecule has 0 spiro atoms. The van der Waals surface area contributed by atoms with Gasteiger partial charge in [0.2, 0.25) is 0 Å². The standard InChI is InChI=1S/C36H24N4/c1-24-16-19-34-30(20-24)28-14-8-9-15-33(28)40(34)35-21-25(23-37)17-18-29(35)36-38-31(26-10-4-2-5-11-26)22-32(39-36)27-12-6-3-7-13-27/h2-22H,1H3. The van der Waals surface area contributed by atoms with Gasteiger partial charge in [0.1, 0.15) is 0 Å². The summed E-state index contributed by atoms with van der Waals surface area (Å²) in [7, 11) is 0. The van der Waals surface area contributed by atoms with Crippen LogP contribution in [0.5, 0.6) is 0 Å². The average Bonchev–Trinajstić information content (AvgIpc) is 3.34. The summed E-state index contributed by atoms with van der Waals surface area (Å²) in [6, 6.07) is 45.4. The predicted octanol–water partition coefficient (Wildman–Crippen LogP) is 8.75. The van der Waals surface area contributed by atoms with E-state index in [2.05, 4.69) is 84.3 Å². The summed E-state index contributed by atoms with van der Waals surface area (Å²) in [5.41, 5.74) is 9.39. The maximum atomic E-state index is 9.88. The Kier molecular flexibility index (Phi) is 5.69. The van der Waals surface area contributed by atoms with E-state index in [1.807, 2.05) is 60.7 Å². The number of nitriles is 1. The molecule has 0 aliphatic carbocycles. The largest absolute Gasteiger partial charge is 0.308 e. The van der Waals surface area contributed by atoms with Crippen LogP contribution in [-0.4, -0.2) is 14.5 Å². The molecule has 4 nitrogen and oxygen atoms in total. The zero-order chi connectivity index (χ0) is 27.1. The van der Waals surface area contributed by atoms with Crippen molar-refractivity contribution in [3.05, 3.63) is 139 Å². The Hall–Kier alpha value is -5.53. The van der Waals surface area contributed by atoms with Crippen LogP contribution < -0.4 is 0 Å². The highest BCUT2D eigenvalue weighted by Gasteiger charge is 2.19. The molecule has 0 saturated carbocycles. The molecule has 7 aromatic rings. The molecule has 5 aromatic carbocycles. The van der Waals surface area contributed by atoms with Gasteiger partial charge in [-0.1, -0.05) is 90.5 Å². The number of nitrogens with zero attached hydrogens (tertiary/aromatic N) is 4. The normalized spacial score (nSPS) is 11.1. The highest BCUT2D eigenvalue weighted by Crippen LogP contribution is 2.37. The first-order valence-corrected chi connectivity index (χ1v) is 13.2. The van der Waals surface area contributed by atoms with Crippen LogP contribution in [0.2, 0.25) is 0 Å². The van der Waals surface area contributed by atoms with Crippen LogP contribution in [0.15, 0.2) is 127 Å². The summed E-state index contributed by atoms with van der Waals surface area (Å²) < 4.78 is 2.24. The fourth-order valence-corrected chi connectivity index (χ4v) is 5.40. The topological polar surface area (TPSA) is 54.5 Å². The van der Waals surface area contributed by atoms with E-state index in [1.54, 1.807) is 0 Å². The number of hydrogen-bond acceptors (Lipinski definition) is 3. The molecular formula is C36H24N4. The van der Waals surface area contributed by atoms with Crippen LogP contribution in [0.25, 0.3) is 61.4 Å². The molecule has 0 aliphatic rings. The molecule has 0 amide bonds. The summed E-state index contributed by atoms with van der Waals surface area (Å²) in [6.45, 7) is 2.11. The zero-order valence-corrected chi connectivity index (χ0v) is 21.9.